The Morgan fingerprint density at radius 1 is 1.29 bits per heavy atom. The molecule has 17 heavy (non-hydrogen) atoms. The summed E-state index contributed by atoms with van der Waals surface area (Å²) in [5.74, 6) is 0.607. The fourth-order valence-electron chi connectivity index (χ4n) is 2.15. The SMILES string of the molecule is CCCN(CC(C)(C)CN)C(COC)C(C)C. The minimum atomic E-state index is 0.177. The van der Waals surface area contributed by atoms with E-state index in [9.17, 15) is 0 Å². The molecule has 0 amide bonds. The molecule has 0 aliphatic heterocycles. The lowest BCUT2D eigenvalue weighted by molar-refractivity contribution is 0.0421. The van der Waals surface area contributed by atoms with Gasteiger partial charge in [0.1, 0.15) is 0 Å². The molecule has 0 radical (unpaired) electrons. The second-order valence-corrected chi connectivity index (χ2v) is 6.11. The van der Waals surface area contributed by atoms with Gasteiger partial charge in [0, 0.05) is 19.7 Å². The Bertz CT molecular complexity index is 193. The Hall–Kier alpha value is -0.120. The normalized spacial score (nSPS) is 14.6. The van der Waals surface area contributed by atoms with Crippen molar-refractivity contribution in [1.82, 2.24) is 4.90 Å². The van der Waals surface area contributed by atoms with E-state index in [2.05, 4.69) is 39.5 Å². The van der Waals surface area contributed by atoms with E-state index in [0.29, 0.717) is 12.0 Å². The van der Waals surface area contributed by atoms with Crippen molar-refractivity contribution in [3.63, 3.8) is 0 Å². The van der Waals surface area contributed by atoms with Crippen LogP contribution in [0.3, 0.4) is 0 Å². The zero-order valence-electron chi connectivity index (χ0n) is 12.6. The Labute approximate surface area is 108 Å². The number of hydrogen-bond acceptors (Lipinski definition) is 3. The quantitative estimate of drug-likeness (QED) is 0.676. The molecular weight excluding hydrogens is 212 g/mol. The molecule has 0 fully saturated rings. The molecule has 1 unspecified atom stereocenters. The van der Waals surface area contributed by atoms with Crippen molar-refractivity contribution < 1.29 is 4.74 Å². The van der Waals surface area contributed by atoms with Gasteiger partial charge in [-0.1, -0.05) is 34.6 Å². The van der Waals surface area contributed by atoms with Gasteiger partial charge in [-0.2, -0.15) is 0 Å². The molecule has 0 aliphatic rings. The Kier molecular flexibility index (Phi) is 8.01. The molecule has 0 saturated carbocycles. The molecule has 104 valence electrons. The second-order valence-electron chi connectivity index (χ2n) is 6.11. The number of methoxy groups -OCH3 is 1. The Morgan fingerprint density at radius 3 is 2.24 bits per heavy atom. The van der Waals surface area contributed by atoms with Gasteiger partial charge in [-0.25, -0.2) is 0 Å². The fraction of sp³-hybridized carbons (Fsp3) is 1.00. The summed E-state index contributed by atoms with van der Waals surface area (Å²) in [6.45, 7) is 14.9. The Morgan fingerprint density at radius 2 is 1.88 bits per heavy atom. The van der Waals surface area contributed by atoms with E-state index in [1.54, 1.807) is 7.11 Å². The van der Waals surface area contributed by atoms with Gasteiger partial charge >= 0.3 is 0 Å². The average Bonchev–Trinajstić information content (AvgIpc) is 2.24. The summed E-state index contributed by atoms with van der Waals surface area (Å²) in [5.41, 5.74) is 6.02. The number of hydrogen-bond donors (Lipinski definition) is 1. The van der Waals surface area contributed by atoms with Crippen LogP contribution in [0.1, 0.15) is 41.0 Å². The maximum absolute atomic E-state index is 5.84. The fourth-order valence-corrected chi connectivity index (χ4v) is 2.15. The largest absolute Gasteiger partial charge is 0.383 e. The summed E-state index contributed by atoms with van der Waals surface area (Å²) in [4.78, 5) is 2.54. The molecule has 0 heterocycles. The van der Waals surface area contributed by atoms with Crippen LogP contribution in [0.25, 0.3) is 0 Å². The van der Waals surface area contributed by atoms with Crippen LogP contribution in [0, 0.1) is 11.3 Å². The first-order valence-corrected chi connectivity index (χ1v) is 6.81. The van der Waals surface area contributed by atoms with Crippen molar-refractivity contribution in [2.45, 2.75) is 47.1 Å². The highest BCUT2D eigenvalue weighted by Crippen LogP contribution is 2.20. The Balaban J connectivity index is 4.66. The van der Waals surface area contributed by atoms with Crippen LogP contribution in [0.15, 0.2) is 0 Å². The standard InChI is InChI=1S/C14H32N2O/c1-7-8-16(11-14(4,5)10-15)13(9-17-6)12(2)3/h12-13H,7-11,15H2,1-6H3. The van der Waals surface area contributed by atoms with Crippen molar-refractivity contribution in [2.75, 3.05) is 33.4 Å². The highest BCUT2D eigenvalue weighted by atomic mass is 16.5. The van der Waals surface area contributed by atoms with Crippen LogP contribution in [-0.2, 0) is 4.74 Å². The van der Waals surface area contributed by atoms with Crippen molar-refractivity contribution in [2.24, 2.45) is 17.1 Å². The van der Waals surface area contributed by atoms with Gasteiger partial charge in [0.05, 0.1) is 6.61 Å². The van der Waals surface area contributed by atoms with Gasteiger partial charge in [-0.3, -0.25) is 4.90 Å². The third kappa shape index (κ3) is 6.39. The van der Waals surface area contributed by atoms with E-state index in [1.807, 2.05) is 0 Å². The third-order valence-corrected chi connectivity index (χ3v) is 3.27. The minimum absolute atomic E-state index is 0.177. The van der Waals surface area contributed by atoms with Crippen LogP contribution in [0.2, 0.25) is 0 Å². The minimum Gasteiger partial charge on any atom is -0.383 e. The molecule has 0 aliphatic carbocycles. The first-order chi connectivity index (χ1) is 7.87. The van der Waals surface area contributed by atoms with Gasteiger partial charge in [-0.05, 0) is 30.8 Å². The first-order valence-electron chi connectivity index (χ1n) is 6.81. The van der Waals surface area contributed by atoms with Gasteiger partial charge in [0.25, 0.3) is 0 Å². The average molecular weight is 244 g/mol. The maximum Gasteiger partial charge on any atom is 0.0620 e. The highest BCUT2D eigenvalue weighted by molar-refractivity contribution is 4.81. The van der Waals surface area contributed by atoms with Crippen LogP contribution in [-0.4, -0.2) is 44.3 Å². The van der Waals surface area contributed by atoms with Crippen LogP contribution < -0.4 is 5.73 Å². The zero-order valence-corrected chi connectivity index (χ0v) is 12.6. The van der Waals surface area contributed by atoms with E-state index in [4.69, 9.17) is 10.5 Å². The van der Waals surface area contributed by atoms with Gasteiger partial charge < -0.3 is 10.5 Å². The van der Waals surface area contributed by atoms with Gasteiger partial charge in [-0.15, -0.1) is 0 Å². The first kappa shape index (κ1) is 16.9. The number of nitrogens with zero attached hydrogens (tertiary/aromatic N) is 1. The lowest BCUT2D eigenvalue weighted by atomic mass is 9.91. The van der Waals surface area contributed by atoms with Crippen molar-refractivity contribution in [3.05, 3.63) is 0 Å². The predicted molar refractivity (Wildman–Crippen MR) is 75.2 cm³/mol. The molecule has 0 aromatic carbocycles. The van der Waals surface area contributed by atoms with Crippen molar-refractivity contribution in [3.8, 4) is 0 Å². The van der Waals surface area contributed by atoms with E-state index in [0.717, 1.165) is 26.2 Å². The molecule has 0 spiro atoms. The second kappa shape index (κ2) is 8.06. The van der Waals surface area contributed by atoms with Gasteiger partial charge in [0.2, 0.25) is 0 Å². The summed E-state index contributed by atoms with van der Waals surface area (Å²) < 4.78 is 5.37. The molecule has 3 heteroatoms. The number of ether oxygens (including phenoxy) is 1. The van der Waals surface area contributed by atoms with Crippen LogP contribution in [0.5, 0.6) is 0 Å². The van der Waals surface area contributed by atoms with E-state index < -0.39 is 0 Å². The van der Waals surface area contributed by atoms with Crippen molar-refractivity contribution in [1.29, 1.82) is 0 Å². The predicted octanol–water partition coefficient (Wildman–Crippen LogP) is 2.35. The summed E-state index contributed by atoms with van der Waals surface area (Å²) in [6, 6.07) is 0.491. The molecule has 0 bridgehead atoms. The number of nitrogens with two attached hydrogens (primary N) is 1. The monoisotopic (exact) mass is 244 g/mol. The smallest absolute Gasteiger partial charge is 0.0620 e. The van der Waals surface area contributed by atoms with Crippen molar-refractivity contribution >= 4 is 0 Å². The molecular formula is C14H32N2O. The van der Waals surface area contributed by atoms with E-state index in [1.165, 1.54) is 6.42 Å². The molecule has 3 nitrogen and oxygen atoms in total. The van der Waals surface area contributed by atoms with E-state index >= 15 is 0 Å². The summed E-state index contributed by atoms with van der Waals surface area (Å²) in [6.07, 6.45) is 1.17. The van der Waals surface area contributed by atoms with E-state index in [-0.39, 0.29) is 5.41 Å². The topological polar surface area (TPSA) is 38.5 Å². The molecule has 1 atom stereocenters. The summed E-state index contributed by atoms with van der Waals surface area (Å²) in [5, 5.41) is 0. The molecule has 0 saturated heterocycles. The molecule has 0 aromatic heterocycles. The zero-order chi connectivity index (χ0) is 13.5. The lowest BCUT2D eigenvalue weighted by Gasteiger charge is -2.39. The molecule has 0 aromatic rings. The van der Waals surface area contributed by atoms with Gasteiger partial charge in [0.15, 0.2) is 0 Å². The number of rotatable bonds is 9. The highest BCUT2D eigenvalue weighted by Gasteiger charge is 2.27. The van der Waals surface area contributed by atoms with Crippen LogP contribution in [0.4, 0.5) is 0 Å². The van der Waals surface area contributed by atoms with Crippen LogP contribution >= 0.6 is 0 Å². The molecule has 2 N–H and O–H groups in total. The molecule has 0 rings (SSSR count). The lowest BCUT2D eigenvalue weighted by Crippen LogP contribution is -2.48. The summed E-state index contributed by atoms with van der Waals surface area (Å²) >= 11 is 0. The summed E-state index contributed by atoms with van der Waals surface area (Å²) in [7, 11) is 1.79. The third-order valence-electron chi connectivity index (χ3n) is 3.27. The maximum atomic E-state index is 5.84.